The monoisotopic (exact) mass is 266 g/mol. The number of benzene rings is 1. The lowest BCUT2D eigenvalue weighted by molar-refractivity contribution is 0.0661. The van der Waals surface area contributed by atoms with Crippen molar-refractivity contribution in [1.29, 1.82) is 0 Å². The standard InChI is InChI=1S/C13H12F2N2O2/c14-3-8-4-17(5-8)6-13-16-11-1-9(7-18)10(15)2-12(11)19-13/h1-2,7-8H,3-6H2. The largest absolute Gasteiger partial charge is 0.439 e. The third-order valence-corrected chi connectivity index (χ3v) is 3.29. The fourth-order valence-electron chi connectivity index (χ4n) is 2.27. The first-order valence-electron chi connectivity index (χ1n) is 6.02. The molecule has 1 aromatic heterocycles. The number of hydrogen-bond acceptors (Lipinski definition) is 4. The summed E-state index contributed by atoms with van der Waals surface area (Å²) in [6.45, 7) is 1.54. The topological polar surface area (TPSA) is 46.3 Å². The van der Waals surface area contributed by atoms with E-state index in [1.54, 1.807) is 0 Å². The molecule has 100 valence electrons. The molecule has 0 amide bonds. The molecular formula is C13H12F2N2O2. The molecule has 2 aromatic rings. The highest BCUT2D eigenvalue weighted by molar-refractivity contribution is 5.84. The Morgan fingerprint density at radius 2 is 2.26 bits per heavy atom. The SMILES string of the molecule is O=Cc1cc2nc(CN3CC(CF)C3)oc2cc1F. The van der Waals surface area contributed by atoms with Gasteiger partial charge in [-0.1, -0.05) is 0 Å². The predicted octanol–water partition coefficient (Wildman–Crippen LogP) is 2.18. The number of oxazole rings is 1. The van der Waals surface area contributed by atoms with E-state index in [-0.39, 0.29) is 18.2 Å². The average Bonchev–Trinajstić information content (AvgIpc) is 2.73. The molecule has 0 atom stereocenters. The van der Waals surface area contributed by atoms with E-state index in [1.807, 2.05) is 4.90 Å². The van der Waals surface area contributed by atoms with Crippen LogP contribution in [0.2, 0.25) is 0 Å². The van der Waals surface area contributed by atoms with Crippen LogP contribution in [0.15, 0.2) is 16.5 Å². The number of alkyl halides is 1. The fraction of sp³-hybridized carbons (Fsp3) is 0.385. The molecule has 6 heteroatoms. The molecule has 1 fully saturated rings. The lowest BCUT2D eigenvalue weighted by atomic mass is 10.0. The Labute approximate surface area is 108 Å². The zero-order valence-electron chi connectivity index (χ0n) is 10.1. The highest BCUT2D eigenvalue weighted by Crippen LogP contribution is 2.23. The molecule has 1 aliphatic heterocycles. The fourth-order valence-corrected chi connectivity index (χ4v) is 2.27. The van der Waals surface area contributed by atoms with Gasteiger partial charge in [-0.25, -0.2) is 9.37 Å². The van der Waals surface area contributed by atoms with E-state index in [9.17, 15) is 13.6 Å². The van der Waals surface area contributed by atoms with Gasteiger partial charge in [0, 0.05) is 25.1 Å². The normalized spacial score (nSPS) is 16.7. The van der Waals surface area contributed by atoms with Crippen molar-refractivity contribution in [3.05, 3.63) is 29.4 Å². The molecule has 0 spiro atoms. The number of fused-ring (bicyclic) bond motifs is 1. The van der Waals surface area contributed by atoms with Gasteiger partial charge in [0.25, 0.3) is 0 Å². The molecule has 19 heavy (non-hydrogen) atoms. The third kappa shape index (κ3) is 2.23. The van der Waals surface area contributed by atoms with Crippen molar-refractivity contribution in [1.82, 2.24) is 9.88 Å². The quantitative estimate of drug-likeness (QED) is 0.796. The second-order valence-corrected chi connectivity index (χ2v) is 4.78. The van der Waals surface area contributed by atoms with Crippen molar-refractivity contribution < 1.29 is 18.0 Å². The minimum absolute atomic E-state index is 0.0335. The maximum Gasteiger partial charge on any atom is 0.209 e. The maximum atomic E-state index is 13.4. The zero-order chi connectivity index (χ0) is 13.4. The van der Waals surface area contributed by atoms with Gasteiger partial charge in [-0.2, -0.15) is 0 Å². The van der Waals surface area contributed by atoms with Crippen LogP contribution < -0.4 is 0 Å². The second-order valence-electron chi connectivity index (χ2n) is 4.78. The van der Waals surface area contributed by atoms with Crippen LogP contribution in [0.1, 0.15) is 16.2 Å². The summed E-state index contributed by atoms with van der Waals surface area (Å²) in [7, 11) is 0. The Balaban J connectivity index is 1.80. The van der Waals surface area contributed by atoms with E-state index in [0.29, 0.717) is 42.9 Å². The molecule has 0 N–H and O–H groups in total. The van der Waals surface area contributed by atoms with Crippen molar-refractivity contribution in [3.8, 4) is 0 Å². The molecule has 0 saturated carbocycles. The van der Waals surface area contributed by atoms with Gasteiger partial charge in [0.05, 0.1) is 18.8 Å². The first-order chi connectivity index (χ1) is 9.19. The van der Waals surface area contributed by atoms with Crippen molar-refractivity contribution in [2.45, 2.75) is 6.54 Å². The van der Waals surface area contributed by atoms with E-state index in [2.05, 4.69) is 4.98 Å². The van der Waals surface area contributed by atoms with E-state index in [4.69, 9.17) is 4.42 Å². The smallest absolute Gasteiger partial charge is 0.209 e. The number of rotatable bonds is 4. The summed E-state index contributed by atoms with van der Waals surface area (Å²) >= 11 is 0. The third-order valence-electron chi connectivity index (χ3n) is 3.29. The summed E-state index contributed by atoms with van der Waals surface area (Å²) in [5, 5.41) is 0. The summed E-state index contributed by atoms with van der Waals surface area (Å²) in [4.78, 5) is 16.9. The molecule has 1 saturated heterocycles. The van der Waals surface area contributed by atoms with Crippen LogP contribution in [0, 0.1) is 11.7 Å². The molecule has 0 unspecified atom stereocenters. The van der Waals surface area contributed by atoms with Gasteiger partial charge in [-0.05, 0) is 6.07 Å². The van der Waals surface area contributed by atoms with Gasteiger partial charge in [-0.3, -0.25) is 14.1 Å². The summed E-state index contributed by atoms with van der Waals surface area (Å²) in [5.41, 5.74) is 0.746. The number of halogens is 2. The first kappa shape index (κ1) is 12.2. The van der Waals surface area contributed by atoms with Crippen LogP contribution in [-0.2, 0) is 6.54 Å². The van der Waals surface area contributed by atoms with Gasteiger partial charge in [0.1, 0.15) is 11.3 Å². The molecular weight excluding hydrogens is 254 g/mol. The van der Waals surface area contributed by atoms with E-state index < -0.39 is 5.82 Å². The molecule has 2 heterocycles. The number of likely N-dealkylation sites (tertiary alicyclic amines) is 1. The summed E-state index contributed by atoms with van der Waals surface area (Å²) in [6, 6.07) is 2.53. The number of carbonyl (C=O) groups is 1. The van der Waals surface area contributed by atoms with Gasteiger partial charge in [-0.15, -0.1) is 0 Å². The maximum absolute atomic E-state index is 13.4. The summed E-state index contributed by atoms with van der Waals surface area (Å²) in [6.07, 6.45) is 0.449. The lowest BCUT2D eigenvalue weighted by Crippen LogP contribution is -2.46. The Bertz CT molecular complexity index is 620. The zero-order valence-corrected chi connectivity index (χ0v) is 10.1. The number of carbonyl (C=O) groups excluding carboxylic acids is 1. The van der Waals surface area contributed by atoms with Crippen molar-refractivity contribution in [2.24, 2.45) is 5.92 Å². The molecule has 3 rings (SSSR count). The Morgan fingerprint density at radius 3 is 2.95 bits per heavy atom. The minimum atomic E-state index is -0.619. The van der Waals surface area contributed by atoms with Crippen LogP contribution in [0.5, 0.6) is 0 Å². The Morgan fingerprint density at radius 1 is 1.47 bits per heavy atom. The second kappa shape index (κ2) is 4.70. The van der Waals surface area contributed by atoms with Crippen LogP contribution in [0.4, 0.5) is 8.78 Å². The highest BCUT2D eigenvalue weighted by Gasteiger charge is 2.27. The molecule has 1 aromatic carbocycles. The molecule has 0 aliphatic carbocycles. The van der Waals surface area contributed by atoms with Crippen LogP contribution in [0.25, 0.3) is 11.1 Å². The number of aldehydes is 1. The first-order valence-corrected chi connectivity index (χ1v) is 6.02. The molecule has 4 nitrogen and oxygen atoms in total. The number of hydrogen-bond donors (Lipinski definition) is 0. The van der Waals surface area contributed by atoms with Crippen molar-refractivity contribution in [2.75, 3.05) is 19.8 Å². The van der Waals surface area contributed by atoms with Gasteiger partial charge >= 0.3 is 0 Å². The molecule has 0 bridgehead atoms. The summed E-state index contributed by atoms with van der Waals surface area (Å²) < 4.78 is 31.1. The van der Waals surface area contributed by atoms with Crippen LogP contribution in [0.3, 0.4) is 0 Å². The van der Waals surface area contributed by atoms with Gasteiger partial charge in [0.2, 0.25) is 5.89 Å². The van der Waals surface area contributed by atoms with E-state index in [1.165, 1.54) is 6.07 Å². The van der Waals surface area contributed by atoms with Crippen molar-refractivity contribution >= 4 is 17.4 Å². The van der Waals surface area contributed by atoms with E-state index >= 15 is 0 Å². The highest BCUT2D eigenvalue weighted by atomic mass is 19.1. The predicted molar refractivity (Wildman–Crippen MR) is 64.1 cm³/mol. The number of aromatic nitrogens is 1. The number of nitrogens with zero attached hydrogens (tertiary/aromatic N) is 2. The average molecular weight is 266 g/mol. The lowest BCUT2D eigenvalue weighted by Gasteiger charge is -2.36. The van der Waals surface area contributed by atoms with Crippen LogP contribution >= 0.6 is 0 Å². The van der Waals surface area contributed by atoms with Gasteiger partial charge < -0.3 is 4.42 Å². The molecule has 0 radical (unpaired) electrons. The Hall–Kier alpha value is -1.82. The Kier molecular flexibility index (Phi) is 3.02. The van der Waals surface area contributed by atoms with E-state index in [0.717, 1.165) is 6.07 Å². The van der Waals surface area contributed by atoms with Crippen molar-refractivity contribution in [3.63, 3.8) is 0 Å². The van der Waals surface area contributed by atoms with Gasteiger partial charge in [0.15, 0.2) is 11.9 Å². The molecule has 1 aliphatic rings. The summed E-state index contributed by atoms with van der Waals surface area (Å²) in [5.74, 6) is -0.0649. The van der Waals surface area contributed by atoms with Crippen LogP contribution in [-0.4, -0.2) is 35.9 Å². The minimum Gasteiger partial charge on any atom is -0.439 e.